The van der Waals surface area contributed by atoms with E-state index in [9.17, 15) is 9.59 Å². The van der Waals surface area contributed by atoms with Crippen LogP contribution in [0.15, 0.2) is 18.3 Å². The minimum Gasteiger partial charge on any atom is -0.369 e. The molecule has 0 aromatic carbocycles. The molecule has 0 aliphatic carbocycles. The number of Topliss-reactive ketones (excluding diaryl/α,β-unsaturated/α-hetero) is 1. The van der Waals surface area contributed by atoms with Crippen LogP contribution >= 0.6 is 0 Å². The van der Waals surface area contributed by atoms with E-state index < -0.39 is 0 Å². The Hall–Kier alpha value is -1.62. The van der Waals surface area contributed by atoms with Gasteiger partial charge in [0.2, 0.25) is 5.91 Å². The van der Waals surface area contributed by atoms with Crippen LogP contribution < -0.4 is 5.73 Å². The van der Waals surface area contributed by atoms with Gasteiger partial charge < -0.3 is 10.3 Å². The first kappa shape index (κ1) is 12.8. The third-order valence-electron chi connectivity index (χ3n) is 3.50. The van der Waals surface area contributed by atoms with Gasteiger partial charge in [0, 0.05) is 19.8 Å². The largest absolute Gasteiger partial charge is 0.369 e. The molecule has 1 aliphatic rings. The minimum absolute atomic E-state index is 0.0904. The van der Waals surface area contributed by atoms with Crippen molar-refractivity contribution in [1.82, 2.24) is 9.47 Å². The minimum atomic E-state index is -0.258. The second-order valence-electron chi connectivity index (χ2n) is 4.90. The quantitative estimate of drug-likeness (QED) is 0.786. The van der Waals surface area contributed by atoms with Gasteiger partial charge in [-0.1, -0.05) is 0 Å². The van der Waals surface area contributed by atoms with Crippen molar-refractivity contribution in [2.75, 3.05) is 19.6 Å². The topological polar surface area (TPSA) is 68.3 Å². The van der Waals surface area contributed by atoms with Gasteiger partial charge in [0.05, 0.1) is 18.2 Å². The fraction of sp³-hybridized carbons (Fsp3) is 0.538. The Morgan fingerprint density at radius 1 is 1.50 bits per heavy atom. The van der Waals surface area contributed by atoms with Crippen LogP contribution in [-0.2, 0) is 11.8 Å². The maximum atomic E-state index is 12.1. The number of carbonyl (C=O) groups is 2. The van der Waals surface area contributed by atoms with Crippen molar-refractivity contribution in [3.8, 4) is 0 Å². The summed E-state index contributed by atoms with van der Waals surface area (Å²) < 4.78 is 1.82. The fourth-order valence-corrected chi connectivity index (χ4v) is 2.47. The Bertz CT molecular complexity index is 453. The van der Waals surface area contributed by atoms with Gasteiger partial charge >= 0.3 is 0 Å². The maximum Gasteiger partial charge on any atom is 0.221 e. The maximum absolute atomic E-state index is 12.1. The summed E-state index contributed by atoms with van der Waals surface area (Å²) >= 11 is 0. The lowest BCUT2D eigenvalue weighted by Crippen LogP contribution is -2.43. The number of hydrogen-bond donors (Lipinski definition) is 1. The molecule has 0 radical (unpaired) electrons. The average molecular weight is 249 g/mol. The number of ketones is 1. The third-order valence-corrected chi connectivity index (χ3v) is 3.50. The Labute approximate surface area is 107 Å². The number of amides is 1. The van der Waals surface area contributed by atoms with E-state index in [4.69, 9.17) is 5.73 Å². The molecule has 98 valence electrons. The van der Waals surface area contributed by atoms with Crippen molar-refractivity contribution in [2.45, 2.75) is 12.8 Å². The number of likely N-dealkylation sites (tertiary alicyclic amines) is 1. The summed E-state index contributed by atoms with van der Waals surface area (Å²) in [6.07, 6.45) is 3.62. The molecular weight excluding hydrogens is 230 g/mol. The van der Waals surface area contributed by atoms with Gasteiger partial charge in [0.15, 0.2) is 5.78 Å². The van der Waals surface area contributed by atoms with Crippen LogP contribution in [0.4, 0.5) is 0 Å². The number of nitrogens with two attached hydrogens (primary N) is 1. The number of hydrogen-bond acceptors (Lipinski definition) is 3. The summed E-state index contributed by atoms with van der Waals surface area (Å²) in [5.74, 6) is -0.279. The standard InChI is InChI=1S/C13H19N3O2/c1-15-6-3-5-11(15)12(17)9-16-7-2-4-10(8-16)13(14)18/h3,5-6,10H,2,4,7-9H2,1H3,(H2,14,18). The molecule has 1 aliphatic heterocycles. The first-order valence-corrected chi connectivity index (χ1v) is 6.24. The van der Waals surface area contributed by atoms with Crippen LogP contribution in [0.3, 0.4) is 0 Å². The normalized spacial score (nSPS) is 20.8. The molecule has 0 spiro atoms. The van der Waals surface area contributed by atoms with Crippen molar-refractivity contribution in [1.29, 1.82) is 0 Å². The predicted molar refractivity (Wildman–Crippen MR) is 68.1 cm³/mol. The highest BCUT2D eigenvalue weighted by Gasteiger charge is 2.25. The number of aromatic nitrogens is 1. The SMILES string of the molecule is Cn1cccc1C(=O)CN1CCCC(C(N)=O)C1. The molecular formula is C13H19N3O2. The second kappa shape index (κ2) is 5.35. The number of rotatable bonds is 4. The molecule has 5 nitrogen and oxygen atoms in total. The van der Waals surface area contributed by atoms with E-state index in [0.29, 0.717) is 18.8 Å². The van der Waals surface area contributed by atoms with Gasteiger partial charge in [-0.3, -0.25) is 14.5 Å². The monoisotopic (exact) mass is 249 g/mol. The highest BCUT2D eigenvalue weighted by Crippen LogP contribution is 2.16. The fourth-order valence-electron chi connectivity index (χ4n) is 2.47. The molecule has 18 heavy (non-hydrogen) atoms. The van der Waals surface area contributed by atoms with Crippen molar-refractivity contribution in [3.63, 3.8) is 0 Å². The summed E-state index contributed by atoms with van der Waals surface area (Å²) in [5.41, 5.74) is 6.03. The van der Waals surface area contributed by atoms with E-state index in [0.717, 1.165) is 19.4 Å². The van der Waals surface area contributed by atoms with Crippen molar-refractivity contribution >= 4 is 11.7 Å². The molecule has 2 rings (SSSR count). The molecule has 1 fully saturated rings. The summed E-state index contributed by atoms with van der Waals surface area (Å²) in [7, 11) is 1.86. The molecule has 1 aromatic rings. The molecule has 1 unspecified atom stereocenters. The molecule has 5 heteroatoms. The van der Waals surface area contributed by atoms with Gasteiger partial charge in [0.25, 0.3) is 0 Å². The second-order valence-corrected chi connectivity index (χ2v) is 4.90. The number of nitrogens with zero attached hydrogens (tertiary/aromatic N) is 2. The Morgan fingerprint density at radius 3 is 2.89 bits per heavy atom. The van der Waals surface area contributed by atoms with Gasteiger partial charge in [0.1, 0.15) is 0 Å². The summed E-state index contributed by atoms with van der Waals surface area (Å²) in [4.78, 5) is 25.3. The van der Waals surface area contributed by atoms with Crippen molar-refractivity contribution in [3.05, 3.63) is 24.0 Å². The lowest BCUT2D eigenvalue weighted by atomic mass is 9.97. The molecule has 1 atom stereocenters. The number of carbonyl (C=O) groups excluding carboxylic acids is 2. The van der Waals surface area contributed by atoms with E-state index in [-0.39, 0.29) is 17.6 Å². The lowest BCUT2D eigenvalue weighted by molar-refractivity contribution is -0.123. The van der Waals surface area contributed by atoms with E-state index >= 15 is 0 Å². The van der Waals surface area contributed by atoms with Gasteiger partial charge in [-0.15, -0.1) is 0 Å². The van der Waals surface area contributed by atoms with Gasteiger partial charge in [-0.25, -0.2) is 0 Å². The van der Waals surface area contributed by atoms with Crippen LogP contribution in [0.25, 0.3) is 0 Å². The zero-order valence-corrected chi connectivity index (χ0v) is 10.6. The first-order chi connectivity index (χ1) is 8.58. The highest BCUT2D eigenvalue weighted by molar-refractivity contribution is 5.96. The molecule has 1 saturated heterocycles. The Kier molecular flexibility index (Phi) is 3.81. The van der Waals surface area contributed by atoms with Gasteiger partial charge in [-0.05, 0) is 31.5 Å². The zero-order chi connectivity index (χ0) is 13.1. The van der Waals surface area contributed by atoms with Crippen LogP contribution in [-0.4, -0.2) is 40.8 Å². The third kappa shape index (κ3) is 2.79. The Balaban J connectivity index is 1.95. The summed E-state index contributed by atoms with van der Waals surface area (Å²) in [6.45, 7) is 1.83. The smallest absolute Gasteiger partial charge is 0.221 e. The van der Waals surface area contributed by atoms with E-state index in [1.165, 1.54) is 0 Å². The highest BCUT2D eigenvalue weighted by atomic mass is 16.1. The first-order valence-electron chi connectivity index (χ1n) is 6.24. The van der Waals surface area contributed by atoms with Crippen LogP contribution in [0.1, 0.15) is 23.3 Å². The summed E-state index contributed by atoms with van der Waals surface area (Å²) in [6, 6.07) is 3.67. The van der Waals surface area contributed by atoms with Crippen LogP contribution in [0, 0.1) is 5.92 Å². The van der Waals surface area contributed by atoms with E-state index in [2.05, 4.69) is 0 Å². The molecule has 2 N–H and O–H groups in total. The zero-order valence-electron chi connectivity index (χ0n) is 10.6. The lowest BCUT2D eigenvalue weighted by Gasteiger charge is -2.30. The average Bonchev–Trinajstić information content (AvgIpc) is 2.76. The number of primary amides is 1. The molecule has 2 heterocycles. The van der Waals surface area contributed by atoms with Crippen molar-refractivity contribution < 1.29 is 9.59 Å². The molecule has 1 aromatic heterocycles. The van der Waals surface area contributed by atoms with E-state index in [1.54, 1.807) is 0 Å². The van der Waals surface area contributed by atoms with E-state index in [1.807, 2.05) is 34.8 Å². The number of aryl methyl sites for hydroxylation is 1. The molecule has 0 saturated carbocycles. The van der Waals surface area contributed by atoms with Crippen LogP contribution in [0.5, 0.6) is 0 Å². The molecule has 0 bridgehead atoms. The molecule has 1 amide bonds. The van der Waals surface area contributed by atoms with Crippen molar-refractivity contribution in [2.24, 2.45) is 18.7 Å². The van der Waals surface area contributed by atoms with Gasteiger partial charge in [-0.2, -0.15) is 0 Å². The predicted octanol–water partition coefficient (Wildman–Crippen LogP) is 0.405. The summed E-state index contributed by atoms with van der Waals surface area (Å²) in [5, 5.41) is 0. The Morgan fingerprint density at radius 2 is 2.28 bits per heavy atom. The van der Waals surface area contributed by atoms with Crippen LogP contribution in [0.2, 0.25) is 0 Å². The number of piperidine rings is 1.